The molecule has 0 radical (unpaired) electrons. The first-order chi connectivity index (χ1) is 6.84. The summed E-state index contributed by atoms with van der Waals surface area (Å²) in [5, 5.41) is 2.99. The molecule has 0 amide bonds. The molecule has 0 saturated carbocycles. The van der Waals surface area contributed by atoms with Crippen molar-refractivity contribution in [3.05, 3.63) is 54.5 Å². The molecule has 0 unspecified atom stereocenters. The number of hydrogen-bond donors (Lipinski definition) is 1. The number of nitrogens with one attached hydrogen (secondary N) is 1. The molecule has 0 bridgehead atoms. The monoisotopic (exact) mass is 188 g/mol. The fraction of sp³-hybridized carbons (Fsp3) is 0. The molecule has 2 rings (SSSR count). The van der Waals surface area contributed by atoms with Crippen LogP contribution in [0.4, 0.5) is 15.9 Å². The summed E-state index contributed by atoms with van der Waals surface area (Å²) in [5.74, 6) is 0.217. The summed E-state index contributed by atoms with van der Waals surface area (Å²) in [7, 11) is 0. The third-order valence-electron chi connectivity index (χ3n) is 1.77. The van der Waals surface area contributed by atoms with E-state index in [-0.39, 0.29) is 5.82 Å². The van der Waals surface area contributed by atoms with Crippen LogP contribution in [-0.2, 0) is 0 Å². The highest BCUT2D eigenvalue weighted by Gasteiger charge is 1.95. The van der Waals surface area contributed by atoms with Gasteiger partial charge in [0.2, 0.25) is 0 Å². The summed E-state index contributed by atoms with van der Waals surface area (Å²) < 4.78 is 12.8. The molecular weight excluding hydrogens is 179 g/mol. The standard InChI is InChI=1S/C11H9FN2/c12-9-6-7-13-11(8-9)14-10-4-2-1-3-5-10/h1-8H,(H,13,14). The summed E-state index contributed by atoms with van der Waals surface area (Å²) in [6.07, 6.45) is 1.43. The molecule has 14 heavy (non-hydrogen) atoms. The topological polar surface area (TPSA) is 24.9 Å². The maximum atomic E-state index is 12.8. The largest absolute Gasteiger partial charge is 0.340 e. The fourth-order valence-corrected chi connectivity index (χ4v) is 1.14. The van der Waals surface area contributed by atoms with Crippen LogP contribution in [0.15, 0.2) is 48.7 Å². The van der Waals surface area contributed by atoms with Crippen LogP contribution in [0.1, 0.15) is 0 Å². The molecule has 2 nitrogen and oxygen atoms in total. The van der Waals surface area contributed by atoms with Crippen molar-refractivity contribution in [1.82, 2.24) is 4.98 Å². The highest BCUT2D eigenvalue weighted by Crippen LogP contribution is 2.13. The smallest absolute Gasteiger partial charge is 0.133 e. The zero-order valence-corrected chi connectivity index (χ0v) is 7.44. The zero-order valence-electron chi connectivity index (χ0n) is 7.44. The van der Waals surface area contributed by atoms with E-state index in [1.165, 1.54) is 18.3 Å². The van der Waals surface area contributed by atoms with E-state index in [9.17, 15) is 4.39 Å². The second kappa shape index (κ2) is 3.87. The number of benzene rings is 1. The number of para-hydroxylation sites is 1. The quantitative estimate of drug-likeness (QED) is 0.783. The van der Waals surface area contributed by atoms with Gasteiger partial charge in [-0.15, -0.1) is 0 Å². The van der Waals surface area contributed by atoms with E-state index in [0.717, 1.165) is 5.69 Å². The average molecular weight is 188 g/mol. The summed E-state index contributed by atoms with van der Waals surface area (Å²) in [4.78, 5) is 3.98. The summed E-state index contributed by atoms with van der Waals surface area (Å²) in [6, 6.07) is 12.2. The van der Waals surface area contributed by atoms with Crippen LogP contribution in [0.2, 0.25) is 0 Å². The lowest BCUT2D eigenvalue weighted by Gasteiger charge is -2.04. The Morgan fingerprint density at radius 2 is 1.86 bits per heavy atom. The first-order valence-electron chi connectivity index (χ1n) is 4.28. The van der Waals surface area contributed by atoms with Crippen molar-refractivity contribution in [2.75, 3.05) is 5.32 Å². The number of rotatable bonds is 2. The van der Waals surface area contributed by atoms with Gasteiger partial charge in [0.15, 0.2) is 0 Å². The number of hydrogen-bond acceptors (Lipinski definition) is 2. The van der Waals surface area contributed by atoms with Gasteiger partial charge in [-0.3, -0.25) is 0 Å². The SMILES string of the molecule is Fc1ccnc(Nc2ccccc2)c1. The molecule has 1 aromatic heterocycles. The maximum absolute atomic E-state index is 12.8. The van der Waals surface area contributed by atoms with E-state index in [1.54, 1.807) is 0 Å². The van der Waals surface area contributed by atoms with E-state index in [4.69, 9.17) is 0 Å². The van der Waals surface area contributed by atoms with Crippen molar-refractivity contribution in [1.29, 1.82) is 0 Å². The zero-order chi connectivity index (χ0) is 9.80. The van der Waals surface area contributed by atoms with Crippen molar-refractivity contribution in [3.63, 3.8) is 0 Å². The normalized spacial score (nSPS) is 9.79. The lowest BCUT2D eigenvalue weighted by Crippen LogP contribution is -1.92. The highest BCUT2D eigenvalue weighted by molar-refractivity contribution is 5.55. The highest BCUT2D eigenvalue weighted by atomic mass is 19.1. The molecule has 0 fully saturated rings. The third kappa shape index (κ3) is 2.07. The van der Waals surface area contributed by atoms with Gasteiger partial charge in [0.25, 0.3) is 0 Å². The van der Waals surface area contributed by atoms with Crippen LogP contribution < -0.4 is 5.32 Å². The van der Waals surface area contributed by atoms with Gasteiger partial charge < -0.3 is 5.32 Å². The van der Waals surface area contributed by atoms with Gasteiger partial charge in [0.05, 0.1) is 0 Å². The minimum absolute atomic E-state index is 0.293. The molecule has 0 aliphatic carbocycles. The molecule has 70 valence electrons. The van der Waals surface area contributed by atoms with E-state index in [2.05, 4.69) is 10.3 Å². The van der Waals surface area contributed by atoms with Crippen LogP contribution in [0.3, 0.4) is 0 Å². The molecule has 3 heteroatoms. The number of anilines is 2. The molecule has 1 N–H and O–H groups in total. The Morgan fingerprint density at radius 1 is 1.07 bits per heavy atom. The molecule has 0 aliphatic rings. The van der Waals surface area contributed by atoms with Crippen molar-refractivity contribution >= 4 is 11.5 Å². The van der Waals surface area contributed by atoms with Crippen LogP contribution in [0.5, 0.6) is 0 Å². The second-order valence-electron chi connectivity index (χ2n) is 2.85. The predicted molar refractivity (Wildman–Crippen MR) is 53.9 cm³/mol. The molecule has 0 spiro atoms. The Bertz CT molecular complexity index is 415. The van der Waals surface area contributed by atoms with Crippen LogP contribution >= 0.6 is 0 Å². The molecular formula is C11H9FN2. The van der Waals surface area contributed by atoms with Crippen molar-refractivity contribution in [2.24, 2.45) is 0 Å². The minimum Gasteiger partial charge on any atom is -0.340 e. The van der Waals surface area contributed by atoms with Gasteiger partial charge in [-0.05, 0) is 18.2 Å². The lowest BCUT2D eigenvalue weighted by molar-refractivity contribution is 0.626. The van der Waals surface area contributed by atoms with E-state index in [1.807, 2.05) is 30.3 Å². The number of nitrogens with zero attached hydrogens (tertiary/aromatic N) is 1. The Kier molecular flexibility index (Phi) is 2.40. The molecule has 0 saturated heterocycles. The minimum atomic E-state index is -0.293. The maximum Gasteiger partial charge on any atom is 0.133 e. The Labute approximate surface area is 81.4 Å². The summed E-state index contributed by atoms with van der Waals surface area (Å²) >= 11 is 0. The van der Waals surface area contributed by atoms with Crippen molar-refractivity contribution in [3.8, 4) is 0 Å². The second-order valence-corrected chi connectivity index (χ2v) is 2.85. The van der Waals surface area contributed by atoms with Gasteiger partial charge in [0, 0.05) is 18.0 Å². The third-order valence-corrected chi connectivity index (χ3v) is 1.77. The molecule has 1 aromatic carbocycles. The number of aromatic nitrogens is 1. The number of halogens is 1. The van der Waals surface area contributed by atoms with E-state index >= 15 is 0 Å². The Hall–Kier alpha value is -1.90. The van der Waals surface area contributed by atoms with Crippen molar-refractivity contribution in [2.45, 2.75) is 0 Å². The Balaban J connectivity index is 2.19. The molecule has 0 aliphatic heterocycles. The van der Waals surface area contributed by atoms with Gasteiger partial charge >= 0.3 is 0 Å². The van der Waals surface area contributed by atoms with Crippen LogP contribution in [0.25, 0.3) is 0 Å². The average Bonchev–Trinajstić information content (AvgIpc) is 2.19. The first-order valence-corrected chi connectivity index (χ1v) is 4.28. The van der Waals surface area contributed by atoms with Crippen molar-refractivity contribution < 1.29 is 4.39 Å². The Morgan fingerprint density at radius 3 is 2.57 bits per heavy atom. The van der Waals surface area contributed by atoms with E-state index in [0.29, 0.717) is 5.82 Å². The van der Waals surface area contributed by atoms with Crippen LogP contribution in [0, 0.1) is 5.82 Å². The molecule has 1 heterocycles. The summed E-state index contributed by atoms with van der Waals surface area (Å²) in [6.45, 7) is 0. The fourth-order valence-electron chi connectivity index (χ4n) is 1.14. The van der Waals surface area contributed by atoms with Crippen LogP contribution in [-0.4, -0.2) is 4.98 Å². The van der Waals surface area contributed by atoms with E-state index < -0.39 is 0 Å². The predicted octanol–water partition coefficient (Wildman–Crippen LogP) is 2.96. The van der Waals surface area contributed by atoms with Gasteiger partial charge in [-0.1, -0.05) is 18.2 Å². The molecule has 2 aromatic rings. The summed E-state index contributed by atoms with van der Waals surface area (Å²) in [5.41, 5.74) is 0.894. The van der Waals surface area contributed by atoms with Gasteiger partial charge in [0.1, 0.15) is 11.6 Å². The lowest BCUT2D eigenvalue weighted by atomic mass is 10.3. The van der Waals surface area contributed by atoms with Gasteiger partial charge in [-0.2, -0.15) is 0 Å². The number of pyridine rings is 1. The van der Waals surface area contributed by atoms with Gasteiger partial charge in [-0.25, -0.2) is 9.37 Å². The molecule has 0 atom stereocenters. The first kappa shape index (κ1) is 8.69.